The zero-order chi connectivity index (χ0) is 11.4. The molecule has 1 heterocycles. The molecule has 0 radical (unpaired) electrons. The van der Waals surface area contributed by atoms with Crippen LogP contribution < -0.4 is 2.81 Å². The molecule has 0 aliphatic rings. The van der Waals surface area contributed by atoms with Crippen molar-refractivity contribution in [2.24, 2.45) is 0 Å². The van der Waals surface area contributed by atoms with Gasteiger partial charge in [-0.15, -0.1) is 0 Å². The van der Waals surface area contributed by atoms with Crippen molar-refractivity contribution in [3.05, 3.63) is 22.4 Å². The van der Waals surface area contributed by atoms with E-state index in [2.05, 4.69) is 4.98 Å². The van der Waals surface area contributed by atoms with Gasteiger partial charge in [0.15, 0.2) is 0 Å². The van der Waals surface area contributed by atoms with Crippen molar-refractivity contribution < 1.29 is 17.5 Å². The van der Waals surface area contributed by atoms with E-state index in [0.717, 1.165) is 30.7 Å². The summed E-state index contributed by atoms with van der Waals surface area (Å²) in [6.45, 7) is 0. The van der Waals surface area contributed by atoms with E-state index in [0.29, 0.717) is 10.2 Å². The first-order valence-corrected chi connectivity index (χ1v) is 6.33. The molecule has 0 aromatic carbocycles. The molecular formula is C5H4Cl2NNaO4S. The van der Waals surface area contributed by atoms with Gasteiger partial charge in [0.05, 0.1) is 0 Å². The Morgan fingerprint density at radius 3 is 2.07 bits per heavy atom. The Kier molecular flexibility index (Phi) is 6.51. The van der Waals surface area contributed by atoms with Crippen LogP contribution in [0, 0.1) is 0 Å². The number of hydrogen-bond acceptors (Lipinski definition) is 3. The second kappa shape index (κ2) is 6.24. The van der Waals surface area contributed by atoms with Crippen molar-refractivity contribution in [2.45, 2.75) is 0 Å². The summed E-state index contributed by atoms with van der Waals surface area (Å²) in [4.78, 5) is 3.80. The Bertz CT molecular complexity index is 382. The van der Waals surface area contributed by atoms with E-state index >= 15 is 0 Å². The van der Waals surface area contributed by atoms with Crippen LogP contribution in [0.2, 0.25) is 10.2 Å². The number of aromatic nitrogens is 1. The summed E-state index contributed by atoms with van der Waals surface area (Å²) in [5.41, 5.74) is 0. The molecule has 2 N–H and O–H groups in total. The molecule has 1 aromatic rings. The van der Waals surface area contributed by atoms with Crippen LogP contribution in [0.15, 0.2) is 12.3 Å². The predicted octanol–water partition coefficient (Wildman–Crippen LogP) is 0.529. The summed E-state index contributed by atoms with van der Waals surface area (Å²) in [6, 6.07) is 1.88. The van der Waals surface area contributed by atoms with Gasteiger partial charge in [-0.3, -0.25) is 9.11 Å². The predicted molar refractivity (Wildman–Crippen MR) is 53.8 cm³/mol. The summed E-state index contributed by atoms with van der Waals surface area (Å²) in [5, 5.41) is 1.01. The molecule has 0 aliphatic heterocycles. The SMILES string of the molecule is O=S(=O)(O)O.[Na][c]1ccnc(Cl)c1Cl. The first-order chi connectivity index (χ1) is 6.22. The normalized spacial score (nSPS) is 10.4. The third-order valence-electron chi connectivity index (χ3n) is 1.04. The fourth-order valence-corrected chi connectivity index (χ4v) is 1.37. The fourth-order valence-electron chi connectivity index (χ4n) is 0.507. The van der Waals surface area contributed by atoms with Crippen LogP contribution >= 0.6 is 23.2 Å². The van der Waals surface area contributed by atoms with Crippen LogP contribution in [0.3, 0.4) is 0 Å². The van der Waals surface area contributed by atoms with E-state index in [9.17, 15) is 0 Å². The van der Waals surface area contributed by atoms with Crippen LogP contribution in [-0.4, -0.2) is 50.4 Å². The zero-order valence-corrected chi connectivity index (χ0v) is 11.3. The number of pyridine rings is 1. The topological polar surface area (TPSA) is 87.5 Å². The van der Waals surface area contributed by atoms with Gasteiger partial charge in [0.2, 0.25) is 0 Å². The van der Waals surface area contributed by atoms with Crippen molar-refractivity contribution in [2.75, 3.05) is 0 Å². The molecule has 0 spiro atoms. The van der Waals surface area contributed by atoms with Crippen LogP contribution in [0.25, 0.3) is 0 Å². The maximum absolute atomic E-state index is 8.74. The number of hydrogen-bond donors (Lipinski definition) is 2. The van der Waals surface area contributed by atoms with Gasteiger partial charge < -0.3 is 0 Å². The Balaban J connectivity index is 0.000000292. The molecule has 14 heavy (non-hydrogen) atoms. The summed E-state index contributed by atoms with van der Waals surface area (Å²) in [5.74, 6) is 0. The second-order valence-corrected chi connectivity index (χ2v) is 4.89. The van der Waals surface area contributed by atoms with Crippen LogP contribution in [0.4, 0.5) is 0 Å². The van der Waals surface area contributed by atoms with Crippen molar-refractivity contribution in [1.82, 2.24) is 4.98 Å². The molecule has 0 saturated heterocycles. The average molecular weight is 268 g/mol. The average Bonchev–Trinajstić information content (AvgIpc) is 1.97. The molecule has 74 valence electrons. The van der Waals surface area contributed by atoms with Crippen molar-refractivity contribution in [3.8, 4) is 0 Å². The van der Waals surface area contributed by atoms with Gasteiger partial charge >= 0.3 is 91.8 Å². The minimum absolute atomic E-state index is 0.407. The Morgan fingerprint density at radius 2 is 1.79 bits per heavy atom. The van der Waals surface area contributed by atoms with E-state index in [4.69, 9.17) is 40.7 Å². The molecule has 0 fully saturated rings. The van der Waals surface area contributed by atoms with E-state index in [1.54, 1.807) is 6.20 Å². The van der Waals surface area contributed by atoms with Gasteiger partial charge in [-0.05, 0) is 0 Å². The zero-order valence-electron chi connectivity index (χ0n) is 6.98. The summed E-state index contributed by atoms with van der Waals surface area (Å²) in [6.07, 6.45) is 1.66. The fraction of sp³-hybridized carbons (Fsp3) is 0. The van der Waals surface area contributed by atoms with Crippen molar-refractivity contribution >= 4 is 64.3 Å². The van der Waals surface area contributed by atoms with Gasteiger partial charge in [-0.2, -0.15) is 8.42 Å². The number of halogens is 2. The van der Waals surface area contributed by atoms with E-state index < -0.39 is 10.4 Å². The van der Waals surface area contributed by atoms with Crippen LogP contribution in [0.1, 0.15) is 0 Å². The van der Waals surface area contributed by atoms with E-state index in [1.165, 1.54) is 0 Å². The van der Waals surface area contributed by atoms with Gasteiger partial charge in [0.1, 0.15) is 0 Å². The quantitative estimate of drug-likeness (QED) is 0.407. The van der Waals surface area contributed by atoms with Crippen LogP contribution in [-0.2, 0) is 10.4 Å². The van der Waals surface area contributed by atoms with Gasteiger partial charge in [0.25, 0.3) is 0 Å². The molecule has 5 nitrogen and oxygen atoms in total. The maximum atomic E-state index is 8.74. The van der Waals surface area contributed by atoms with Crippen molar-refractivity contribution in [1.29, 1.82) is 0 Å². The van der Waals surface area contributed by atoms with Gasteiger partial charge in [-0.25, -0.2) is 0 Å². The number of rotatable bonds is 0. The molecule has 0 unspecified atom stereocenters. The Hall–Kier alpha value is 0.600. The molecule has 1 aromatic heterocycles. The molecule has 0 saturated carbocycles. The van der Waals surface area contributed by atoms with E-state index in [-0.39, 0.29) is 0 Å². The summed E-state index contributed by atoms with van der Waals surface area (Å²) >= 11 is 12.2. The third kappa shape index (κ3) is 7.95. The van der Waals surface area contributed by atoms with Crippen LogP contribution in [0.5, 0.6) is 0 Å². The molecule has 0 atom stereocenters. The van der Waals surface area contributed by atoms with Gasteiger partial charge in [0, 0.05) is 0 Å². The van der Waals surface area contributed by atoms with Crippen molar-refractivity contribution in [3.63, 3.8) is 0 Å². The molecule has 0 bridgehead atoms. The molecular weight excluding hydrogens is 264 g/mol. The van der Waals surface area contributed by atoms with E-state index in [1.807, 2.05) is 6.07 Å². The molecule has 9 heteroatoms. The third-order valence-corrected chi connectivity index (χ3v) is 3.05. The molecule has 1 rings (SSSR count). The number of nitrogens with zero attached hydrogens (tertiary/aromatic N) is 1. The molecule has 0 amide bonds. The molecule has 0 aliphatic carbocycles. The first-order valence-electron chi connectivity index (χ1n) is 3.18. The standard InChI is InChI=1S/C5H2Cl2N.Na.H2O4S/c6-4-2-1-3-8-5(4)7;;1-5(2,3)4/h1,3H;;(H2,1,2,3,4). The first kappa shape index (κ1) is 14.6. The second-order valence-electron chi connectivity index (χ2n) is 2.18. The Labute approximate surface area is 108 Å². The summed E-state index contributed by atoms with van der Waals surface area (Å²) in [7, 11) is -4.67. The Morgan fingerprint density at radius 1 is 1.36 bits per heavy atom. The summed E-state index contributed by atoms with van der Waals surface area (Å²) < 4.78 is 32.7. The minimum atomic E-state index is -4.67. The monoisotopic (exact) mass is 267 g/mol. The van der Waals surface area contributed by atoms with Gasteiger partial charge in [-0.1, -0.05) is 0 Å².